The van der Waals surface area contributed by atoms with E-state index in [9.17, 15) is 19.5 Å². The zero-order chi connectivity index (χ0) is 25.3. The molecule has 1 aliphatic carbocycles. The number of benzene rings is 2. The number of alkyl carbamates (subject to hydrolysis) is 1. The molecular formula is C28H34N2O5. The summed E-state index contributed by atoms with van der Waals surface area (Å²) in [5.41, 5.74) is 3.36. The quantitative estimate of drug-likeness (QED) is 0.604. The maximum Gasteiger partial charge on any atom is 0.407 e. The monoisotopic (exact) mass is 478 g/mol. The van der Waals surface area contributed by atoms with E-state index >= 15 is 0 Å². The zero-order valence-electron chi connectivity index (χ0n) is 20.8. The van der Waals surface area contributed by atoms with Gasteiger partial charge < -0.3 is 20.1 Å². The standard InChI is InChI=1S/C28H34N2O5/c1-17(2)24(25(31)30-15-9-14-28(30,4)26(32)33)18(3)29-27(34)35-16-23-21-12-7-5-10-19(21)20-11-6-8-13-22(20)23/h5-8,10-13,17-18,23-24H,9,14-16H2,1-4H3,(H,29,34)(H,32,33). The van der Waals surface area contributed by atoms with Gasteiger partial charge in [0, 0.05) is 18.5 Å². The van der Waals surface area contributed by atoms with Gasteiger partial charge in [0.15, 0.2) is 0 Å². The summed E-state index contributed by atoms with van der Waals surface area (Å²) in [5.74, 6) is -1.94. The van der Waals surface area contributed by atoms with Crippen LogP contribution in [0.5, 0.6) is 0 Å². The van der Waals surface area contributed by atoms with Gasteiger partial charge in [-0.2, -0.15) is 0 Å². The fourth-order valence-electron chi connectivity index (χ4n) is 5.71. The van der Waals surface area contributed by atoms with Gasteiger partial charge in [-0.25, -0.2) is 9.59 Å². The highest BCUT2D eigenvalue weighted by molar-refractivity contribution is 5.89. The first-order chi connectivity index (χ1) is 16.6. The molecule has 3 unspecified atom stereocenters. The van der Waals surface area contributed by atoms with Crippen molar-refractivity contribution in [1.82, 2.24) is 10.2 Å². The average Bonchev–Trinajstić information content (AvgIpc) is 3.36. The van der Waals surface area contributed by atoms with Crippen molar-refractivity contribution in [2.24, 2.45) is 11.8 Å². The van der Waals surface area contributed by atoms with Gasteiger partial charge in [0.05, 0.1) is 5.92 Å². The summed E-state index contributed by atoms with van der Waals surface area (Å²) in [4.78, 5) is 39.6. The van der Waals surface area contributed by atoms with E-state index in [2.05, 4.69) is 29.6 Å². The first kappa shape index (κ1) is 24.8. The Labute approximate surface area is 206 Å². The van der Waals surface area contributed by atoms with Crippen LogP contribution in [0, 0.1) is 11.8 Å². The lowest BCUT2D eigenvalue weighted by Crippen LogP contribution is -2.56. The van der Waals surface area contributed by atoms with Crippen LogP contribution in [-0.2, 0) is 14.3 Å². The van der Waals surface area contributed by atoms with Crippen LogP contribution < -0.4 is 5.32 Å². The largest absolute Gasteiger partial charge is 0.480 e. The number of aliphatic carboxylic acids is 1. The van der Waals surface area contributed by atoms with Crippen molar-refractivity contribution in [2.75, 3.05) is 13.2 Å². The van der Waals surface area contributed by atoms with Crippen LogP contribution in [0.1, 0.15) is 57.6 Å². The molecule has 35 heavy (non-hydrogen) atoms. The van der Waals surface area contributed by atoms with Gasteiger partial charge >= 0.3 is 12.1 Å². The lowest BCUT2D eigenvalue weighted by atomic mass is 9.86. The SMILES string of the molecule is CC(C)C(C(=O)N1CCCC1(C)C(=O)O)C(C)NC(=O)OCC1c2ccccc2-c2ccccc21. The number of hydrogen-bond donors (Lipinski definition) is 2. The van der Waals surface area contributed by atoms with Gasteiger partial charge in [0.1, 0.15) is 12.1 Å². The molecule has 0 saturated carbocycles. The molecule has 1 heterocycles. The van der Waals surface area contributed by atoms with Crippen molar-refractivity contribution < 1.29 is 24.2 Å². The van der Waals surface area contributed by atoms with E-state index in [-0.39, 0.29) is 24.3 Å². The number of carboxylic acids is 1. The topological polar surface area (TPSA) is 95.9 Å². The highest BCUT2D eigenvalue weighted by Gasteiger charge is 2.48. The van der Waals surface area contributed by atoms with Gasteiger partial charge in [0.25, 0.3) is 0 Å². The molecule has 1 saturated heterocycles. The summed E-state index contributed by atoms with van der Waals surface area (Å²) < 4.78 is 5.66. The molecule has 0 aromatic heterocycles. The number of carbonyl (C=O) groups is 3. The Bertz CT molecular complexity index is 1080. The normalized spacial score (nSPS) is 20.8. The van der Waals surface area contributed by atoms with Crippen LogP contribution in [0.3, 0.4) is 0 Å². The van der Waals surface area contributed by atoms with Crippen LogP contribution in [0.15, 0.2) is 48.5 Å². The molecule has 186 valence electrons. The Balaban J connectivity index is 1.43. The molecular weight excluding hydrogens is 444 g/mol. The molecule has 4 rings (SSSR count). The van der Waals surface area contributed by atoms with Gasteiger partial charge in [-0.05, 0) is 54.9 Å². The number of carboxylic acid groups (broad SMARTS) is 1. The molecule has 2 aromatic carbocycles. The van der Waals surface area contributed by atoms with Crippen LogP contribution in [0.25, 0.3) is 11.1 Å². The zero-order valence-corrected chi connectivity index (χ0v) is 20.8. The molecule has 2 aliphatic rings. The van der Waals surface area contributed by atoms with Gasteiger partial charge in [0.2, 0.25) is 5.91 Å². The molecule has 7 nitrogen and oxygen atoms in total. The molecule has 2 N–H and O–H groups in total. The Kier molecular flexibility index (Phi) is 6.88. The summed E-state index contributed by atoms with van der Waals surface area (Å²) in [6.45, 7) is 7.79. The van der Waals surface area contributed by atoms with Crippen molar-refractivity contribution in [3.8, 4) is 11.1 Å². The third kappa shape index (κ3) is 4.51. The van der Waals surface area contributed by atoms with E-state index in [4.69, 9.17) is 4.74 Å². The van der Waals surface area contributed by atoms with Crippen molar-refractivity contribution in [3.05, 3.63) is 59.7 Å². The van der Waals surface area contributed by atoms with Crippen LogP contribution in [0.2, 0.25) is 0 Å². The number of likely N-dealkylation sites (tertiary alicyclic amines) is 1. The molecule has 1 fully saturated rings. The smallest absolute Gasteiger partial charge is 0.407 e. The van der Waals surface area contributed by atoms with Gasteiger partial charge in [-0.3, -0.25) is 4.79 Å². The Morgan fingerprint density at radius 3 is 2.17 bits per heavy atom. The minimum Gasteiger partial charge on any atom is -0.480 e. The molecule has 0 radical (unpaired) electrons. The first-order valence-corrected chi connectivity index (χ1v) is 12.3. The lowest BCUT2D eigenvalue weighted by Gasteiger charge is -2.37. The molecule has 0 spiro atoms. The molecule has 0 bridgehead atoms. The third-order valence-corrected chi connectivity index (χ3v) is 7.60. The number of carbonyl (C=O) groups excluding carboxylic acids is 2. The average molecular weight is 479 g/mol. The number of ether oxygens (including phenoxy) is 1. The fraction of sp³-hybridized carbons (Fsp3) is 0.464. The maximum atomic E-state index is 13.4. The Hall–Kier alpha value is -3.35. The third-order valence-electron chi connectivity index (χ3n) is 7.60. The summed E-state index contributed by atoms with van der Waals surface area (Å²) in [5, 5.41) is 12.6. The van der Waals surface area contributed by atoms with Crippen LogP contribution in [0.4, 0.5) is 4.79 Å². The molecule has 3 atom stereocenters. The van der Waals surface area contributed by atoms with Crippen molar-refractivity contribution >= 4 is 18.0 Å². The van der Waals surface area contributed by atoms with Crippen molar-refractivity contribution in [3.63, 3.8) is 0 Å². The number of nitrogens with zero attached hydrogens (tertiary/aromatic N) is 1. The van der Waals surface area contributed by atoms with E-state index in [0.717, 1.165) is 22.3 Å². The van der Waals surface area contributed by atoms with E-state index in [1.807, 2.05) is 38.1 Å². The Morgan fingerprint density at radius 1 is 1.06 bits per heavy atom. The number of amides is 2. The minimum absolute atomic E-state index is 0.0492. The van der Waals surface area contributed by atoms with Crippen LogP contribution in [-0.4, -0.2) is 52.7 Å². The summed E-state index contributed by atoms with van der Waals surface area (Å²) in [6.07, 6.45) is 0.487. The minimum atomic E-state index is -1.21. The first-order valence-electron chi connectivity index (χ1n) is 12.3. The second kappa shape index (κ2) is 9.72. The summed E-state index contributed by atoms with van der Waals surface area (Å²) in [6, 6.07) is 15.8. The highest BCUT2D eigenvalue weighted by Crippen LogP contribution is 2.44. The number of nitrogens with one attached hydrogen (secondary N) is 1. The molecule has 1 aliphatic heterocycles. The maximum absolute atomic E-state index is 13.4. The van der Waals surface area contributed by atoms with E-state index in [1.54, 1.807) is 13.8 Å². The van der Waals surface area contributed by atoms with Crippen molar-refractivity contribution in [2.45, 2.75) is 58.0 Å². The second-order valence-electron chi connectivity index (χ2n) is 10.2. The van der Waals surface area contributed by atoms with E-state index in [0.29, 0.717) is 19.4 Å². The molecule has 2 aromatic rings. The predicted octanol–water partition coefficient (Wildman–Crippen LogP) is 4.65. The van der Waals surface area contributed by atoms with E-state index in [1.165, 1.54) is 4.90 Å². The number of hydrogen-bond acceptors (Lipinski definition) is 4. The molecule has 7 heteroatoms. The fourth-order valence-corrected chi connectivity index (χ4v) is 5.71. The molecule has 2 amide bonds. The Morgan fingerprint density at radius 2 is 1.63 bits per heavy atom. The van der Waals surface area contributed by atoms with E-state index < -0.39 is 29.6 Å². The highest BCUT2D eigenvalue weighted by atomic mass is 16.5. The van der Waals surface area contributed by atoms with Crippen molar-refractivity contribution in [1.29, 1.82) is 0 Å². The predicted molar refractivity (Wildman–Crippen MR) is 133 cm³/mol. The van der Waals surface area contributed by atoms with Gasteiger partial charge in [-0.1, -0.05) is 62.4 Å². The number of rotatable bonds is 7. The summed E-state index contributed by atoms with van der Waals surface area (Å²) >= 11 is 0. The van der Waals surface area contributed by atoms with Gasteiger partial charge in [-0.15, -0.1) is 0 Å². The lowest BCUT2D eigenvalue weighted by molar-refractivity contribution is -0.158. The second-order valence-corrected chi connectivity index (χ2v) is 10.2. The summed E-state index contributed by atoms with van der Waals surface area (Å²) in [7, 11) is 0. The van der Waals surface area contributed by atoms with Crippen LogP contribution >= 0.6 is 0 Å². The number of fused-ring (bicyclic) bond motifs is 3.